The van der Waals surface area contributed by atoms with Crippen LogP contribution < -0.4 is 5.32 Å². The maximum Gasteiger partial charge on any atom is 0.251 e. The number of fused-ring (bicyclic) bond motifs is 1. The largest absolute Gasteiger partial charge is 0.345 e. The second-order valence-electron chi connectivity index (χ2n) is 6.36. The minimum atomic E-state index is -0.0579. The first kappa shape index (κ1) is 16.6. The standard InChI is InChI=1S/C19H21N3OS/c1-12(2)9-17(15-5-4-8-20-11-15)22-19(23)14-6-7-16-18(10-14)24-13(3)21-16/h4-8,10-12,17H,9H2,1-3H3,(H,22,23)/t17-/m1/s1. The van der Waals surface area contributed by atoms with Gasteiger partial charge in [-0.2, -0.15) is 0 Å². The maximum absolute atomic E-state index is 12.7. The average molecular weight is 339 g/mol. The SMILES string of the molecule is Cc1nc2ccc(C(=O)N[C@H](CC(C)C)c3cccnc3)cc2s1. The lowest BCUT2D eigenvalue weighted by molar-refractivity contribution is 0.0932. The highest BCUT2D eigenvalue weighted by molar-refractivity contribution is 7.18. The summed E-state index contributed by atoms with van der Waals surface area (Å²) in [5.74, 6) is 0.416. The molecule has 124 valence electrons. The van der Waals surface area contributed by atoms with Crippen LogP contribution in [0.2, 0.25) is 0 Å². The summed E-state index contributed by atoms with van der Waals surface area (Å²) in [4.78, 5) is 21.3. The summed E-state index contributed by atoms with van der Waals surface area (Å²) in [6, 6.07) is 9.55. The van der Waals surface area contributed by atoms with E-state index < -0.39 is 0 Å². The molecule has 2 aromatic heterocycles. The van der Waals surface area contributed by atoms with Gasteiger partial charge >= 0.3 is 0 Å². The molecule has 0 saturated carbocycles. The zero-order chi connectivity index (χ0) is 17.1. The molecule has 0 aliphatic rings. The van der Waals surface area contributed by atoms with Crippen LogP contribution in [0, 0.1) is 12.8 Å². The van der Waals surface area contributed by atoms with Crippen molar-refractivity contribution in [1.82, 2.24) is 15.3 Å². The van der Waals surface area contributed by atoms with Crippen LogP contribution >= 0.6 is 11.3 Å². The van der Waals surface area contributed by atoms with E-state index in [2.05, 4.69) is 29.1 Å². The molecule has 0 saturated heterocycles. The van der Waals surface area contributed by atoms with Crippen LogP contribution in [0.15, 0.2) is 42.7 Å². The maximum atomic E-state index is 12.7. The van der Waals surface area contributed by atoms with Crippen molar-refractivity contribution in [2.45, 2.75) is 33.2 Å². The van der Waals surface area contributed by atoms with E-state index in [1.807, 2.05) is 43.5 Å². The van der Waals surface area contributed by atoms with Crippen molar-refractivity contribution in [2.24, 2.45) is 5.92 Å². The number of hydrogen-bond acceptors (Lipinski definition) is 4. The van der Waals surface area contributed by atoms with E-state index in [4.69, 9.17) is 0 Å². The van der Waals surface area contributed by atoms with Crippen molar-refractivity contribution in [3.05, 3.63) is 58.9 Å². The van der Waals surface area contributed by atoms with Gasteiger partial charge in [-0.25, -0.2) is 4.98 Å². The minimum Gasteiger partial charge on any atom is -0.345 e. The molecule has 5 heteroatoms. The number of nitrogens with zero attached hydrogens (tertiary/aromatic N) is 2. The fourth-order valence-corrected chi connectivity index (χ4v) is 3.62. The van der Waals surface area contributed by atoms with Crippen molar-refractivity contribution in [1.29, 1.82) is 0 Å². The Hall–Kier alpha value is -2.27. The second-order valence-corrected chi connectivity index (χ2v) is 7.59. The number of benzene rings is 1. The Morgan fingerprint density at radius 2 is 2.12 bits per heavy atom. The molecule has 4 nitrogen and oxygen atoms in total. The molecule has 0 aliphatic carbocycles. The zero-order valence-corrected chi connectivity index (χ0v) is 14.9. The van der Waals surface area contributed by atoms with Crippen molar-refractivity contribution in [3.63, 3.8) is 0 Å². The van der Waals surface area contributed by atoms with Gasteiger partial charge in [0.05, 0.1) is 21.3 Å². The van der Waals surface area contributed by atoms with Gasteiger partial charge in [0.15, 0.2) is 0 Å². The molecule has 0 radical (unpaired) electrons. The molecule has 3 rings (SSSR count). The van der Waals surface area contributed by atoms with E-state index in [0.29, 0.717) is 11.5 Å². The molecule has 0 spiro atoms. The molecule has 1 aromatic carbocycles. The van der Waals surface area contributed by atoms with Gasteiger partial charge in [0.2, 0.25) is 0 Å². The highest BCUT2D eigenvalue weighted by Crippen LogP contribution is 2.24. The van der Waals surface area contributed by atoms with Crippen LogP contribution in [-0.4, -0.2) is 15.9 Å². The molecule has 1 atom stereocenters. The number of aromatic nitrogens is 2. The highest BCUT2D eigenvalue weighted by atomic mass is 32.1. The predicted molar refractivity (Wildman–Crippen MR) is 98.3 cm³/mol. The van der Waals surface area contributed by atoms with Gasteiger partial charge in [0.1, 0.15) is 0 Å². The van der Waals surface area contributed by atoms with Gasteiger partial charge in [0.25, 0.3) is 5.91 Å². The summed E-state index contributed by atoms with van der Waals surface area (Å²) >= 11 is 1.61. The first-order chi connectivity index (χ1) is 11.5. The Morgan fingerprint density at radius 3 is 2.83 bits per heavy atom. The fraction of sp³-hybridized carbons (Fsp3) is 0.316. The first-order valence-corrected chi connectivity index (χ1v) is 8.92. The third-order valence-electron chi connectivity index (χ3n) is 3.86. The van der Waals surface area contributed by atoms with E-state index in [0.717, 1.165) is 27.2 Å². The molecule has 0 fully saturated rings. The number of aryl methyl sites for hydroxylation is 1. The summed E-state index contributed by atoms with van der Waals surface area (Å²) in [6.45, 7) is 6.29. The van der Waals surface area contributed by atoms with Crippen LogP contribution in [0.5, 0.6) is 0 Å². The lowest BCUT2D eigenvalue weighted by Gasteiger charge is -2.21. The number of pyridine rings is 1. The smallest absolute Gasteiger partial charge is 0.251 e. The van der Waals surface area contributed by atoms with Gasteiger partial charge in [-0.1, -0.05) is 19.9 Å². The van der Waals surface area contributed by atoms with E-state index >= 15 is 0 Å². The first-order valence-electron chi connectivity index (χ1n) is 8.11. The van der Waals surface area contributed by atoms with Gasteiger partial charge in [0, 0.05) is 18.0 Å². The van der Waals surface area contributed by atoms with Crippen molar-refractivity contribution >= 4 is 27.5 Å². The van der Waals surface area contributed by atoms with E-state index in [-0.39, 0.29) is 11.9 Å². The van der Waals surface area contributed by atoms with E-state index in [1.165, 1.54) is 0 Å². The summed E-state index contributed by atoms with van der Waals surface area (Å²) in [7, 11) is 0. The Labute approximate surface area is 146 Å². The van der Waals surface area contributed by atoms with Gasteiger partial charge in [-0.15, -0.1) is 11.3 Å². The van der Waals surface area contributed by atoms with Crippen LogP contribution in [0.4, 0.5) is 0 Å². The van der Waals surface area contributed by atoms with Crippen molar-refractivity contribution < 1.29 is 4.79 Å². The van der Waals surface area contributed by atoms with Crippen molar-refractivity contribution in [3.8, 4) is 0 Å². The van der Waals surface area contributed by atoms with Gasteiger partial charge in [-0.3, -0.25) is 9.78 Å². The molecular weight excluding hydrogens is 318 g/mol. The number of carbonyl (C=O) groups is 1. The molecule has 24 heavy (non-hydrogen) atoms. The number of amides is 1. The Kier molecular flexibility index (Phi) is 4.90. The minimum absolute atomic E-state index is 0.0370. The number of carbonyl (C=O) groups excluding carboxylic acids is 1. The van der Waals surface area contributed by atoms with Crippen LogP contribution in [-0.2, 0) is 0 Å². The topological polar surface area (TPSA) is 54.9 Å². The number of hydrogen-bond donors (Lipinski definition) is 1. The van der Waals surface area contributed by atoms with Crippen molar-refractivity contribution in [2.75, 3.05) is 0 Å². The molecular formula is C19H21N3OS. The summed E-state index contributed by atoms with van der Waals surface area (Å²) in [5.41, 5.74) is 2.65. The summed E-state index contributed by atoms with van der Waals surface area (Å²) in [5, 5.41) is 4.17. The normalized spacial score (nSPS) is 12.5. The third kappa shape index (κ3) is 3.79. The Bertz CT molecular complexity index is 842. The molecule has 3 aromatic rings. The van der Waals surface area contributed by atoms with Gasteiger partial charge < -0.3 is 5.32 Å². The summed E-state index contributed by atoms with van der Waals surface area (Å²) in [6.07, 6.45) is 4.44. The Morgan fingerprint density at radius 1 is 1.29 bits per heavy atom. The van der Waals surface area contributed by atoms with E-state index in [9.17, 15) is 4.79 Å². The van der Waals surface area contributed by atoms with Crippen LogP contribution in [0.25, 0.3) is 10.2 Å². The Balaban J connectivity index is 1.83. The highest BCUT2D eigenvalue weighted by Gasteiger charge is 2.18. The van der Waals surface area contributed by atoms with Crippen LogP contribution in [0.3, 0.4) is 0 Å². The number of thiazole rings is 1. The molecule has 1 amide bonds. The number of nitrogens with one attached hydrogen (secondary N) is 1. The third-order valence-corrected chi connectivity index (χ3v) is 4.79. The van der Waals surface area contributed by atoms with Crippen LogP contribution in [0.1, 0.15) is 47.2 Å². The molecule has 1 N–H and O–H groups in total. The molecule has 0 unspecified atom stereocenters. The lowest BCUT2D eigenvalue weighted by Crippen LogP contribution is -2.29. The molecule has 0 aliphatic heterocycles. The summed E-state index contributed by atoms with van der Waals surface area (Å²) < 4.78 is 1.04. The monoisotopic (exact) mass is 339 g/mol. The fourth-order valence-electron chi connectivity index (χ4n) is 2.75. The molecule has 0 bridgehead atoms. The molecule has 2 heterocycles. The average Bonchev–Trinajstić information content (AvgIpc) is 2.93. The quantitative estimate of drug-likeness (QED) is 0.744. The van der Waals surface area contributed by atoms with Gasteiger partial charge in [-0.05, 0) is 49.1 Å². The van der Waals surface area contributed by atoms with E-state index in [1.54, 1.807) is 17.5 Å². The zero-order valence-electron chi connectivity index (χ0n) is 14.1. The lowest BCUT2D eigenvalue weighted by atomic mass is 9.98. The second kappa shape index (κ2) is 7.09. The number of rotatable bonds is 5. The predicted octanol–water partition coefficient (Wildman–Crippen LogP) is 4.52.